The van der Waals surface area contributed by atoms with Crippen molar-refractivity contribution in [2.45, 2.75) is 32.1 Å². The summed E-state index contributed by atoms with van der Waals surface area (Å²) in [7, 11) is 1.43. The van der Waals surface area contributed by atoms with Gasteiger partial charge in [0.2, 0.25) is 5.91 Å². The Kier molecular flexibility index (Phi) is 5.67. The van der Waals surface area contributed by atoms with E-state index in [2.05, 4.69) is 5.32 Å². The zero-order valence-corrected chi connectivity index (χ0v) is 13.0. The van der Waals surface area contributed by atoms with E-state index in [1.807, 2.05) is 0 Å². The summed E-state index contributed by atoms with van der Waals surface area (Å²) >= 11 is 0. The first-order chi connectivity index (χ1) is 11.0. The van der Waals surface area contributed by atoms with Gasteiger partial charge in [0.15, 0.2) is 5.78 Å². The first-order valence-corrected chi connectivity index (χ1v) is 7.66. The lowest BCUT2D eigenvalue weighted by Crippen LogP contribution is -2.31. The molecule has 0 radical (unpaired) electrons. The van der Waals surface area contributed by atoms with Gasteiger partial charge in [-0.05, 0) is 25.0 Å². The van der Waals surface area contributed by atoms with E-state index >= 15 is 0 Å². The monoisotopic (exact) mass is 320 g/mol. The number of nitrogens with one attached hydrogen (secondary N) is 1. The second-order valence-electron chi connectivity index (χ2n) is 5.59. The van der Waals surface area contributed by atoms with Crippen LogP contribution in [-0.4, -0.2) is 30.3 Å². The Labute approximate surface area is 134 Å². The number of ether oxygens (including phenoxy) is 1. The summed E-state index contributed by atoms with van der Waals surface area (Å²) in [5, 5.41) is 13.8. The van der Waals surface area contributed by atoms with Crippen molar-refractivity contribution in [3.05, 3.63) is 33.9 Å². The molecule has 0 bridgehead atoms. The summed E-state index contributed by atoms with van der Waals surface area (Å²) in [6.45, 7) is 0.183. The van der Waals surface area contributed by atoms with Gasteiger partial charge in [0, 0.05) is 24.9 Å². The Morgan fingerprint density at radius 3 is 2.65 bits per heavy atom. The van der Waals surface area contributed by atoms with Crippen molar-refractivity contribution in [3.63, 3.8) is 0 Å². The third-order valence-corrected chi connectivity index (χ3v) is 4.08. The van der Waals surface area contributed by atoms with Crippen LogP contribution in [0.25, 0.3) is 0 Å². The molecule has 0 heterocycles. The Bertz CT molecular complexity index is 608. The van der Waals surface area contributed by atoms with E-state index in [1.165, 1.54) is 25.3 Å². The quantitative estimate of drug-likeness (QED) is 0.473. The van der Waals surface area contributed by atoms with Gasteiger partial charge in [0.05, 0.1) is 17.6 Å². The molecule has 0 unspecified atom stereocenters. The molecule has 0 saturated heterocycles. The van der Waals surface area contributed by atoms with Crippen LogP contribution in [0.15, 0.2) is 18.2 Å². The highest BCUT2D eigenvalue weighted by Gasteiger charge is 2.24. The summed E-state index contributed by atoms with van der Waals surface area (Å²) in [4.78, 5) is 34.5. The number of methoxy groups -OCH3 is 1. The summed E-state index contributed by atoms with van der Waals surface area (Å²) in [5.74, 6) is 0.00274. The smallest absolute Gasteiger partial charge is 0.280 e. The van der Waals surface area contributed by atoms with Gasteiger partial charge in [-0.1, -0.05) is 12.8 Å². The van der Waals surface area contributed by atoms with Gasteiger partial charge in [-0.2, -0.15) is 0 Å². The number of nitro benzene ring substituents is 1. The topological polar surface area (TPSA) is 98.5 Å². The third-order valence-electron chi connectivity index (χ3n) is 4.08. The van der Waals surface area contributed by atoms with Crippen molar-refractivity contribution in [1.29, 1.82) is 0 Å². The maximum atomic E-state index is 12.2. The van der Waals surface area contributed by atoms with Crippen LogP contribution >= 0.6 is 0 Å². The van der Waals surface area contributed by atoms with E-state index in [4.69, 9.17) is 4.74 Å². The van der Waals surface area contributed by atoms with E-state index < -0.39 is 4.92 Å². The van der Waals surface area contributed by atoms with Crippen LogP contribution in [-0.2, 0) is 4.79 Å². The van der Waals surface area contributed by atoms with E-state index in [0.717, 1.165) is 25.7 Å². The predicted molar refractivity (Wildman–Crippen MR) is 83.6 cm³/mol. The average Bonchev–Trinajstić information content (AvgIpc) is 3.08. The van der Waals surface area contributed by atoms with Crippen LogP contribution in [0.3, 0.4) is 0 Å². The molecule has 124 valence electrons. The third kappa shape index (κ3) is 4.28. The predicted octanol–water partition coefficient (Wildman–Crippen LogP) is 2.48. The molecule has 0 aromatic heterocycles. The van der Waals surface area contributed by atoms with Crippen molar-refractivity contribution in [3.8, 4) is 5.75 Å². The van der Waals surface area contributed by atoms with Crippen LogP contribution < -0.4 is 10.1 Å². The molecule has 0 aliphatic heterocycles. The minimum atomic E-state index is -0.593. The average molecular weight is 320 g/mol. The first kappa shape index (κ1) is 16.9. The van der Waals surface area contributed by atoms with Crippen molar-refractivity contribution in [2.75, 3.05) is 13.7 Å². The van der Waals surface area contributed by atoms with Gasteiger partial charge in [0.1, 0.15) is 5.75 Å². The summed E-state index contributed by atoms with van der Waals surface area (Å²) in [5.41, 5.74) is -0.248. The van der Waals surface area contributed by atoms with Crippen molar-refractivity contribution in [1.82, 2.24) is 5.32 Å². The number of benzene rings is 1. The molecule has 1 aliphatic rings. The van der Waals surface area contributed by atoms with Crippen LogP contribution in [0.2, 0.25) is 0 Å². The fraction of sp³-hybridized carbons (Fsp3) is 0.500. The maximum absolute atomic E-state index is 12.2. The Morgan fingerprint density at radius 1 is 1.35 bits per heavy atom. The summed E-state index contributed by atoms with van der Waals surface area (Å²) < 4.78 is 5.01. The number of nitrogens with zero attached hydrogens (tertiary/aromatic N) is 1. The lowest BCUT2D eigenvalue weighted by Gasteiger charge is -2.10. The number of ketones is 1. The molecule has 7 nitrogen and oxygen atoms in total. The fourth-order valence-electron chi connectivity index (χ4n) is 2.79. The van der Waals surface area contributed by atoms with E-state index in [1.54, 1.807) is 0 Å². The van der Waals surface area contributed by atoms with Gasteiger partial charge < -0.3 is 10.1 Å². The molecule has 0 atom stereocenters. The second-order valence-corrected chi connectivity index (χ2v) is 5.59. The number of hydrogen-bond acceptors (Lipinski definition) is 5. The van der Waals surface area contributed by atoms with E-state index in [-0.39, 0.29) is 41.8 Å². The highest BCUT2D eigenvalue weighted by Crippen LogP contribution is 2.26. The molecule has 1 amide bonds. The number of nitro groups is 1. The molecule has 7 heteroatoms. The van der Waals surface area contributed by atoms with Gasteiger partial charge in [-0.3, -0.25) is 19.7 Å². The van der Waals surface area contributed by atoms with Gasteiger partial charge in [0.25, 0.3) is 5.69 Å². The molecular formula is C16H20N2O5. The van der Waals surface area contributed by atoms with Gasteiger partial charge in [-0.25, -0.2) is 0 Å². The normalized spacial score (nSPS) is 14.5. The van der Waals surface area contributed by atoms with Crippen LogP contribution in [0.5, 0.6) is 5.75 Å². The number of amides is 1. The molecular weight excluding hydrogens is 300 g/mol. The molecule has 1 fully saturated rings. The fourth-order valence-corrected chi connectivity index (χ4v) is 2.79. The van der Waals surface area contributed by atoms with Gasteiger partial charge >= 0.3 is 0 Å². The van der Waals surface area contributed by atoms with Gasteiger partial charge in [-0.15, -0.1) is 0 Å². The highest BCUT2D eigenvalue weighted by atomic mass is 16.6. The minimum Gasteiger partial charge on any atom is -0.497 e. The SMILES string of the molecule is COc1ccc([N+](=O)[O-])c(C(=O)CCNC(=O)C2CCCC2)c1. The summed E-state index contributed by atoms with van der Waals surface area (Å²) in [6, 6.07) is 4.05. The number of rotatable bonds is 7. The van der Waals surface area contributed by atoms with Crippen molar-refractivity contribution < 1.29 is 19.2 Å². The standard InChI is InChI=1S/C16H20N2O5/c1-23-12-6-7-14(18(21)22)13(10-12)15(19)8-9-17-16(20)11-4-2-3-5-11/h6-7,10-11H,2-5,8-9H2,1H3,(H,17,20). The lowest BCUT2D eigenvalue weighted by atomic mass is 10.0. The number of Topliss-reactive ketones (excluding diaryl/α,β-unsaturated/α-hetero) is 1. The number of carbonyl (C=O) groups is 2. The lowest BCUT2D eigenvalue weighted by molar-refractivity contribution is -0.385. The van der Waals surface area contributed by atoms with Crippen LogP contribution in [0.1, 0.15) is 42.5 Å². The van der Waals surface area contributed by atoms with E-state index in [9.17, 15) is 19.7 Å². The Morgan fingerprint density at radius 2 is 2.04 bits per heavy atom. The largest absolute Gasteiger partial charge is 0.497 e. The van der Waals surface area contributed by atoms with E-state index in [0.29, 0.717) is 5.75 Å². The molecule has 1 aromatic carbocycles. The molecule has 1 aliphatic carbocycles. The van der Waals surface area contributed by atoms with Crippen molar-refractivity contribution in [2.24, 2.45) is 5.92 Å². The number of carbonyl (C=O) groups excluding carboxylic acids is 2. The molecule has 1 aromatic rings. The first-order valence-electron chi connectivity index (χ1n) is 7.66. The molecule has 2 rings (SSSR count). The molecule has 1 saturated carbocycles. The van der Waals surface area contributed by atoms with Crippen LogP contribution in [0.4, 0.5) is 5.69 Å². The second kappa shape index (κ2) is 7.71. The Balaban J connectivity index is 1.97. The zero-order chi connectivity index (χ0) is 16.8. The molecule has 0 spiro atoms. The number of hydrogen-bond donors (Lipinski definition) is 1. The molecule has 1 N–H and O–H groups in total. The molecule has 23 heavy (non-hydrogen) atoms. The zero-order valence-electron chi connectivity index (χ0n) is 13.0. The van der Waals surface area contributed by atoms with Crippen molar-refractivity contribution >= 4 is 17.4 Å². The summed E-state index contributed by atoms with van der Waals surface area (Å²) in [6.07, 6.45) is 3.93. The van der Waals surface area contributed by atoms with Crippen LogP contribution in [0, 0.1) is 16.0 Å². The Hall–Kier alpha value is -2.44. The minimum absolute atomic E-state index is 0.00413. The highest BCUT2D eigenvalue weighted by molar-refractivity contribution is 6.00. The maximum Gasteiger partial charge on any atom is 0.280 e.